The average Bonchev–Trinajstić information content (AvgIpc) is 2.40. The van der Waals surface area contributed by atoms with Gasteiger partial charge in [0.05, 0.1) is 24.7 Å². The number of aliphatic carboxylic acids is 1. The van der Waals surface area contributed by atoms with Crippen molar-refractivity contribution in [2.24, 2.45) is 5.92 Å². The molecule has 0 aliphatic carbocycles. The van der Waals surface area contributed by atoms with Crippen LogP contribution in [-0.2, 0) is 9.53 Å². The molecule has 0 saturated carbocycles. The molecule has 1 rings (SSSR count). The molecule has 0 aromatic heterocycles. The molecule has 0 saturated heterocycles. The Morgan fingerprint density at radius 2 is 1.90 bits per heavy atom. The molecule has 7 nitrogen and oxygen atoms in total. The van der Waals surface area contributed by atoms with Crippen molar-refractivity contribution < 1.29 is 34.8 Å². The van der Waals surface area contributed by atoms with Crippen LogP contribution >= 0.6 is 0 Å². The number of carbonyl (C=O) groups excluding carboxylic acids is 1. The fourth-order valence-corrected chi connectivity index (χ4v) is 1.64. The van der Waals surface area contributed by atoms with Crippen molar-refractivity contribution in [3.63, 3.8) is 0 Å². The predicted octanol–water partition coefficient (Wildman–Crippen LogP) is 1.12. The summed E-state index contributed by atoms with van der Waals surface area (Å²) in [6.45, 7) is 1.67. The lowest BCUT2D eigenvalue weighted by molar-refractivity contribution is -0.140. The van der Waals surface area contributed by atoms with E-state index in [1.807, 2.05) is 0 Å². The molecular weight excluding hydrogens is 280 g/mol. The van der Waals surface area contributed by atoms with Gasteiger partial charge in [-0.2, -0.15) is 0 Å². The molecule has 7 heteroatoms. The summed E-state index contributed by atoms with van der Waals surface area (Å²) in [5, 5.41) is 36.5. The van der Waals surface area contributed by atoms with Gasteiger partial charge >= 0.3 is 11.9 Å². The van der Waals surface area contributed by atoms with Crippen molar-refractivity contribution >= 4 is 11.9 Å². The lowest BCUT2D eigenvalue weighted by Gasteiger charge is -2.16. The number of benzene rings is 1. The third-order valence-corrected chi connectivity index (χ3v) is 3.06. The zero-order valence-corrected chi connectivity index (χ0v) is 11.5. The lowest BCUT2D eigenvalue weighted by atomic mass is 9.99. The number of carboxylic acids is 1. The van der Waals surface area contributed by atoms with Crippen molar-refractivity contribution in [1.82, 2.24) is 0 Å². The fourth-order valence-electron chi connectivity index (χ4n) is 1.64. The van der Waals surface area contributed by atoms with Gasteiger partial charge in [0, 0.05) is 0 Å². The second-order valence-corrected chi connectivity index (χ2v) is 4.77. The highest BCUT2D eigenvalue weighted by Crippen LogP contribution is 2.25. The van der Waals surface area contributed by atoms with Gasteiger partial charge in [0.15, 0.2) is 11.5 Å². The number of ether oxygens (including phenoxy) is 1. The number of rotatable bonds is 7. The molecule has 2 unspecified atom stereocenters. The molecule has 4 N–H and O–H groups in total. The number of aliphatic hydroxyl groups is 1. The first kappa shape index (κ1) is 16.8. The number of carbonyl (C=O) groups is 2. The first-order valence-electron chi connectivity index (χ1n) is 6.40. The monoisotopic (exact) mass is 298 g/mol. The van der Waals surface area contributed by atoms with Crippen LogP contribution in [-0.4, -0.2) is 45.1 Å². The number of aliphatic hydroxyl groups excluding tert-OH is 1. The smallest absolute Gasteiger partial charge is 0.338 e. The molecule has 0 heterocycles. The van der Waals surface area contributed by atoms with E-state index in [1.54, 1.807) is 6.92 Å². The molecule has 0 bridgehead atoms. The van der Waals surface area contributed by atoms with Gasteiger partial charge in [-0.05, 0) is 30.5 Å². The molecule has 0 amide bonds. The second kappa shape index (κ2) is 7.49. The van der Waals surface area contributed by atoms with E-state index in [-0.39, 0.29) is 30.3 Å². The Bertz CT molecular complexity index is 512. The van der Waals surface area contributed by atoms with Gasteiger partial charge in [-0.25, -0.2) is 4.79 Å². The first-order chi connectivity index (χ1) is 9.81. The maximum atomic E-state index is 11.7. The maximum absolute atomic E-state index is 11.7. The van der Waals surface area contributed by atoms with E-state index in [1.165, 1.54) is 12.1 Å². The van der Waals surface area contributed by atoms with Crippen molar-refractivity contribution in [3.05, 3.63) is 23.8 Å². The molecule has 0 aliphatic rings. The Labute approximate surface area is 121 Å². The Hall–Kier alpha value is -2.28. The van der Waals surface area contributed by atoms with Gasteiger partial charge in [-0.15, -0.1) is 0 Å². The highest BCUT2D eigenvalue weighted by molar-refractivity contribution is 5.90. The second-order valence-electron chi connectivity index (χ2n) is 4.77. The SMILES string of the molecule is CC(CCOC(=O)c1ccc(O)c(O)c1)C(O)CC(=O)O. The highest BCUT2D eigenvalue weighted by Gasteiger charge is 2.18. The highest BCUT2D eigenvalue weighted by atomic mass is 16.5. The standard InChI is InChI=1S/C14H18O7/c1-8(11(16)7-13(18)19)4-5-21-14(20)9-2-3-10(15)12(17)6-9/h2-3,6,8,11,15-17H,4-5,7H2,1H3,(H,18,19). The van der Waals surface area contributed by atoms with Crippen LogP contribution in [0.5, 0.6) is 11.5 Å². The van der Waals surface area contributed by atoms with Gasteiger partial charge in [0.2, 0.25) is 0 Å². The van der Waals surface area contributed by atoms with E-state index in [9.17, 15) is 19.8 Å². The van der Waals surface area contributed by atoms with Crippen LogP contribution in [0.3, 0.4) is 0 Å². The number of phenols is 2. The van der Waals surface area contributed by atoms with Gasteiger partial charge in [-0.1, -0.05) is 6.92 Å². The molecule has 0 spiro atoms. The summed E-state index contributed by atoms with van der Waals surface area (Å²) in [7, 11) is 0. The van der Waals surface area contributed by atoms with E-state index in [4.69, 9.17) is 14.9 Å². The molecule has 116 valence electrons. The average molecular weight is 298 g/mol. The van der Waals surface area contributed by atoms with Crippen LogP contribution in [0.1, 0.15) is 30.1 Å². The van der Waals surface area contributed by atoms with E-state index in [2.05, 4.69) is 0 Å². The molecule has 0 radical (unpaired) electrons. The van der Waals surface area contributed by atoms with Crippen LogP contribution in [0.25, 0.3) is 0 Å². The quantitative estimate of drug-likeness (QED) is 0.439. The van der Waals surface area contributed by atoms with Crippen molar-refractivity contribution in [1.29, 1.82) is 0 Å². The van der Waals surface area contributed by atoms with Crippen molar-refractivity contribution in [3.8, 4) is 11.5 Å². The Kier molecular flexibility index (Phi) is 5.98. The summed E-state index contributed by atoms with van der Waals surface area (Å²) in [6, 6.07) is 3.56. The maximum Gasteiger partial charge on any atom is 0.338 e. The van der Waals surface area contributed by atoms with E-state index >= 15 is 0 Å². The third kappa shape index (κ3) is 5.31. The summed E-state index contributed by atoms with van der Waals surface area (Å²) < 4.78 is 4.96. The minimum atomic E-state index is -1.09. The van der Waals surface area contributed by atoms with E-state index < -0.39 is 23.8 Å². The first-order valence-corrected chi connectivity index (χ1v) is 6.40. The minimum absolute atomic E-state index is 0.0122. The van der Waals surface area contributed by atoms with Gasteiger partial charge in [-0.3, -0.25) is 4.79 Å². The Morgan fingerprint density at radius 1 is 1.24 bits per heavy atom. The van der Waals surface area contributed by atoms with Crippen LogP contribution in [0.4, 0.5) is 0 Å². The lowest BCUT2D eigenvalue weighted by Crippen LogP contribution is -2.23. The molecule has 2 atom stereocenters. The van der Waals surface area contributed by atoms with Gasteiger partial charge in [0.1, 0.15) is 0 Å². The number of esters is 1. The largest absolute Gasteiger partial charge is 0.504 e. The van der Waals surface area contributed by atoms with Crippen molar-refractivity contribution in [2.75, 3.05) is 6.61 Å². The summed E-state index contributed by atoms with van der Waals surface area (Å²) in [5.41, 5.74) is 0.0871. The van der Waals surface area contributed by atoms with Crippen LogP contribution in [0.15, 0.2) is 18.2 Å². The Balaban J connectivity index is 2.43. The number of hydrogen-bond acceptors (Lipinski definition) is 6. The predicted molar refractivity (Wildman–Crippen MR) is 72.1 cm³/mol. The molecule has 0 aliphatic heterocycles. The molecular formula is C14H18O7. The fraction of sp³-hybridized carbons (Fsp3) is 0.429. The topological polar surface area (TPSA) is 124 Å². The number of aromatic hydroxyl groups is 2. The normalized spacial score (nSPS) is 13.4. The number of carboxylic acid groups (broad SMARTS) is 1. The van der Waals surface area contributed by atoms with E-state index in [0.29, 0.717) is 6.42 Å². The number of hydrogen-bond donors (Lipinski definition) is 4. The van der Waals surface area contributed by atoms with Crippen LogP contribution < -0.4 is 0 Å². The van der Waals surface area contributed by atoms with Gasteiger partial charge in [0.25, 0.3) is 0 Å². The molecule has 0 fully saturated rings. The summed E-state index contributed by atoms with van der Waals surface area (Å²) in [5.74, 6) is -2.86. The number of phenolic OH excluding ortho intramolecular Hbond substituents is 2. The molecule has 1 aromatic rings. The summed E-state index contributed by atoms with van der Waals surface area (Å²) in [6.07, 6.45) is -1.05. The third-order valence-electron chi connectivity index (χ3n) is 3.06. The zero-order valence-electron chi connectivity index (χ0n) is 11.5. The van der Waals surface area contributed by atoms with Crippen LogP contribution in [0.2, 0.25) is 0 Å². The van der Waals surface area contributed by atoms with Crippen molar-refractivity contribution in [2.45, 2.75) is 25.9 Å². The minimum Gasteiger partial charge on any atom is -0.504 e. The Morgan fingerprint density at radius 3 is 2.48 bits per heavy atom. The summed E-state index contributed by atoms with van der Waals surface area (Å²) >= 11 is 0. The van der Waals surface area contributed by atoms with Crippen LogP contribution in [0, 0.1) is 5.92 Å². The van der Waals surface area contributed by atoms with Gasteiger partial charge < -0.3 is 25.2 Å². The van der Waals surface area contributed by atoms with E-state index in [0.717, 1.165) is 6.07 Å². The summed E-state index contributed by atoms with van der Waals surface area (Å²) in [4.78, 5) is 22.1. The molecule has 1 aromatic carbocycles. The zero-order chi connectivity index (χ0) is 16.0. The molecule has 21 heavy (non-hydrogen) atoms.